The number of hydrogen-bond acceptors (Lipinski definition) is 1. The van der Waals surface area contributed by atoms with E-state index in [1.807, 2.05) is 0 Å². The summed E-state index contributed by atoms with van der Waals surface area (Å²) in [6.45, 7) is 3.49. The van der Waals surface area contributed by atoms with E-state index < -0.39 is 5.44 Å². The Kier molecular flexibility index (Phi) is 1.02. The van der Waals surface area contributed by atoms with Gasteiger partial charge in [-0.2, -0.15) is 0 Å². The largest absolute Gasteiger partial charge is 0.334 e. The molecule has 0 aliphatic rings. The van der Waals surface area contributed by atoms with Gasteiger partial charge < -0.3 is 5.73 Å². The highest BCUT2D eigenvalue weighted by atomic mass is 14.6. The third-order valence-corrected chi connectivity index (χ3v) is 0. The van der Waals surface area contributed by atoms with E-state index >= 15 is 0 Å². The first-order chi connectivity index (χ1) is 2.00. The molecule has 2 N–H and O–H groups in total. The number of hydrogen-bond donors (Lipinski definition) is 1. The zero-order chi connectivity index (χ0) is 4.50. The molecule has 0 aromatic rings. The molecule has 0 rings (SSSR count). The van der Waals surface area contributed by atoms with Crippen molar-refractivity contribution < 1.29 is 0 Å². The Balaban J connectivity index is 3.02. The molecule has 0 aromatic heterocycles. The third-order valence-electron chi connectivity index (χ3n) is 0. The first-order valence-electron chi connectivity index (χ1n) is 1.58. The lowest BCUT2D eigenvalue weighted by atomic mass is 9.83. The summed E-state index contributed by atoms with van der Waals surface area (Å²) in [7, 11) is 5.13. The van der Waals surface area contributed by atoms with Crippen molar-refractivity contribution in [1.82, 2.24) is 0 Å². The predicted octanol–water partition coefficient (Wildman–Crippen LogP) is -0.150. The van der Waals surface area contributed by atoms with Crippen LogP contribution in [0.15, 0.2) is 0 Å². The molecule has 0 heterocycles. The van der Waals surface area contributed by atoms with Crippen molar-refractivity contribution in [2.75, 3.05) is 0 Å². The minimum atomic E-state index is -0.500. The van der Waals surface area contributed by atoms with Crippen molar-refractivity contribution in [3.05, 3.63) is 0 Å². The molecule has 2 radical (unpaired) electrons. The van der Waals surface area contributed by atoms with Gasteiger partial charge in [0.15, 0.2) is 0 Å². The van der Waals surface area contributed by atoms with Crippen molar-refractivity contribution in [2.24, 2.45) is 5.73 Å². The Morgan fingerprint density at radius 1 is 1.60 bits per heavy atom. The van der Waals surface area contributed by atoms with Crippen molar-refractivity contribution in [3.63, 3.8) is 0 Å². The molecule has 1 nitrogen and oxygen atoms in total. The smallest absolute Gasteiger partial charge is 0.0942 e. The van der Waals surface area contributed by atoms with Gasteiger partial charge in [0.05, 0.1) is 7.85 Å². The van der Waals surface area contributed by atoms with Crippen molar-refractivity contribution >= 4 is 7.85 Å². The summed E-state index contributed by atoms with van der Waals surface area (Å²) in [5.41, 5.74) is 4.63. The average Bonchev–Trinajstić information content (AvgIpc) is 0.722. The second-order valence-electron chi connectivity index (χ2n) is 1.82. The average molecular weight is 68.9 g/mol. The van der Waals surface area contributed by atoms with Crippen LogP contribution < -0.4 is 5.73 Å². The molecular weight excluding hydrogens is 60.9 g/mol. The molecule has 0 saturated carbocycles. The summed E-state index contributed by atoms with van der Waals surface area (Å²) in [5.74, 6) is 0. The van der Waals surface area contributed by atoms with E-state index in [0.717, 1.165) is 0 Å². The Labute approximate surface area is 34.0 Å². The van der Waals surface area contributed by atoms with E-state index in [2.05, 4.69) is 0 Å². The van der Waals surface area contributed by atoms with Gasteiger partial charge in [-0.15, -0.1) is 0 Å². The molecule has 0 aliphatic heterocycles. The Morgan fingerprint density at radius 2 is 1.60 bits per heavy atom. The normalized spacial score (nSPS) is 11.8. The highest BCUT2D eigenvalue weighted by molar-refractivity contribution is 6.14. The van der Waals surface area contributed by atoms with Gasteiger partial charge in [0.25, 0.3) is 0 Å². The quantitative estimate of drug-likeness (QED) is 0.393. The molecule has 0 fully saturated rings. The highest BCUT2D eigenvalue weighted by Crippen LogP contribution is 1.81. The second-order valence-corrected chi connectivity index (χ2v) is 1.82. The van der Waals surface area contributed by atoms with E-state index in [1.165, 1.54) is 0 Å². The minimum absolute atomic E-state index is 0.500. The Hall–Kier alpha value is 0.0249. The molecule has 0 unspecified atom stereocenters. The fraction of sp³-hybridized carbons (Fsp3) is 1.00. The lowest BCUT2D eigenvalue weighted by molar-refractivity contribution is 0.741. The van der Waals surface area contributed by atoms with Crippen LogP contribution in [-0.4, -0.2) is 13.3 Å². The standard InChI is InChI=1S/C3H8BN/c1-3(2,4)5/h5H2,1-2H3. The fourth-order valence-electron chi connectivity index (χ4n) is 0. The lowest BCUT2D eigenvalue weighted by Crippen LogP contribution is -2.31. The van der Waals surface area contributed by atoms with Crippen LogP contribution in [0.4, 0.5) is 0 Å². The minimum Gasteiger partial charge on any atom is -0.334 e. The topological polar surface area (TPSA) is 26.0 Å². The summed E-state index contributed by atoms with van der Waals surface area (Å²) in [6, 6.07) is 0. The van der Waals surface area contributed by atoms with Crippen molar-refractivity contribution in [1.29, 1.82) is 0 Å². The monoisotopic (exact) mass is 69.1 g/mol. The van der Waals surface area contributed by atoms with Crippen LogP contribution in [0.1, 0.15) is 13.8 Å². The van der Waals surface area contributed by atoms with Gasteiger partial charge in [0, 0.05) is 0 Å². The molecule has 0 saturated heterocycles. The molecule has 0 spiro atoms. The van der Waals surface area contributed by atoms with E-state index in [4.69, 9.17) is 13.6 Å². The molecule has 0 atom stereocenters. The lowest BCUT2D eigenvalue weighted by Gasteiger charge is -2.06. The van der Waals surface area contributed by atoms with E-state index in [-0.39, 0.29) is 0 Å². The van der Waals surface area contributed by atoms with Crippen molar-refractivity contribution in [3.8, 4) is 0 Å². The molecule has 0 aromatic carbocycles. The highest BCUT2D eigenvalue weighted by Gasteiger charge is 1.95. The van der Waals surface area contributed by atoms with Gasteiger partial charge in [-0.3, -0.25) is 0 Å². The molecule has 28 valence electrons. The van der Waals surface area contributed by atoms with E-state index in [0.29, 0.717) is 0 Å². The van der Waals surface area contributed by atoms with Gasteiger partial charge in [-0.25, -0.2) is 0 Å². The summed E-state index contributed by atoms with van der Waals surface area (Å²) >= 11 is 0. The van der Waals surface area contributed by atoms with Crippen LogP contribution >= 0.6 is 0 Å². The maximum atomic E-state index is 5.13. The number of rotatable bonds is 0. The maximum absolute atomic E-state index is 5.13. The summed E-state index contributed by atoms with van der Waals surface area (Å²) < 4.78 is 0. The van der Waals surface area contributed by atoms with E-state index in [1.54, 1.807) is 13.8 Å². The zero-order valence-electron chi connectivity index (χ0n) is 3.65. The molecule has 0 amide bonds. The van der Waals surface area contributed by atoms with Gasteiger partial charge >= 0.3 is 0 Å². The van der Waals surface area contributed by atoms with Crippen molar-refractivity contribution in [2.45, 2.75) is 19.3 Å². The van der Waals surface area contributed by atoms with Gasteiger partial charge in [-0.05, 0) is 5.44 Å². The first kappa shape index (κ1) is 5.02. The first-order valence-corrected chi connectivity index (χ1v) is 1.58. The van der Waals surface area contributed by atoms with Crippen LogP contribution in [0.2, 0.25) is 0 Å². The third kappa shape index (κ3) is 26500. The Morgan fingerprint density at radius 3 is 1.60 bits per heavy atom. The van der Waals surface area contributed by atoms with Gasteiger partial charge in [0.1, 0.15) is 0 Å². The maximum Gasteiger partial charge on any atom is 0.0942 e. The predicted molar refractivity (Wildman–Crippen MR) is 24.0 cm³/mol. The zero-order valence-corrected chi connectivity index (χ0v) is 3.65. The van der Waals surface area contributed by atoms with Crippen LogP contribution in [0.25, 0.3) is 0 Å². The van der Waals surface area contributed by atoms with Gasteiger partial charge in [0.2, 0.25) is 0 Å². The number of nitrogens with two attached hydrogens (primary N) is 1. The molecule has 0 bridgehead atoms. The second kappa shape index (κ2) is 1.01. The van der Waals surface area contributed by atoms with Crippen LogP contribution in [-0.2, 0) is 0 Å². The van der Waals surface area contributed by atoms with Crippen LogP contribution in [0.5, 0.6) is 0 Å². The summed E-state index contributed by atoms with van der Waals surface area (Å²) in [4.78, 5) is 0. The van der Waals surface area contributed by atoms with Crippen LogP contribution in [0.3, 0.4) is 0 Å². The summed E-state index contributed by atoms with van der Waals surface area (Å²) in [5, 5.41) is 0. The van der Waals surface area contributed by atoms with E-state index in [9.17, 15) is 0 Å². The molecule has 5 heavy (non-hydrogen) atoms. The fourth-order valence-corrected chi connectivity index (χ4v) is 0. The van der Waals surface area contributed by atoms with Crippen LogP contribution in [0, 0.1) is 0 Å². The van der Waals surface area contributed by atoms with Gasteiger partial charge in [-0.1, -0.05) is 13.8 Å². The molecule has 2 heteroatoms. The molecular formula is C3H8BN. The molecule has 0 aliphatic carbocycles. The SMILES string of the molecule is [B]C(C)(C)N. The summed E-state index contributed by atoms with van der Waals surface area (Å²) in [6.07, 6.45) is 0. The Bertz CT molecular complexity index is 22.4.